The molecule has 0 radical (unpaired) electrons. The first-order chi connectivity index (χ1) is 10.3. The molecule has 1 aliphatic rings. The van der Waals surface area contributed by atoms with E-state index in [4.69, 9.17) is 4.74 Å². The van der Waals surface area contributed by atoms with Gasteiger partial charge in [-0.1, -0.05) is 18.9 Å². The Balaban J connectivity index is 2.13. The number of benzene rings is 1. The lowest BCUT2D eigenvalue weighted by atomic mass is 9.93. The van der Waals surface area contributed by atoms with Crippen LogP contribution in [0.4, 0.5) is 4.39 Å². The van der Waals surface area contributed by atoms with Gasteiger partial charge in [0.05, 0.1) is 12.4 Å². The van der Waals surface area contributed by atoms with E-state index < -0.39 is 15.7 Å². The standard InChI is InChI=1S/C16H24FNO3S/c1-18(11-12-8-9-15(21-2)13(17)10-12)14-6-4-5-7-16(14)22(3,19)20/h8-10,14,16H,4-7,11H2,1-3H3/t14-,16+/m0/s1. The lowest BCUT2D eigenvalue weighted by Crippen LogP contribution is -2.46. The van der Waals surface area contributed by atoms with Crippen LogP contribution in [0.1, 0.15) is 31.2 Å². The average Bonchev–Trinajstić information content (AvgIpc) is 2.46. The molecule has 4 nitrogen and oxygen atoms in total. The second-order valence-electron chi connectivity index (χ2n) is 6.10. The summed E-state index contributed by atoms with van der Waals surface area (Å²) in [6.45, 7) is 0.525. The van der Waals surface area contributed by atoms with Crippen LogP contribution < -0.4 is 4.74 Å². The van der Waals surface area contributed by atoms with Crippen LogP contribution in [0.25, 0.3) is 0 Å². The van der Waals surface area contributed by atoms with Crippen molar-refractivity contribution in [1.82, 2.24) is 4.90 Å². The van der Waals surface area contributed by atoms with Crippen LogP contribution in [0, 0.1) is 5.82 Å². The van der Waals surface area contributed by atoms with Gasteiger partial charge in [0.15, 0.2) is 21.4 Å². The van der Waals surface area contributed by atoms with Crippen LogP contribution in [0.15, 0.2) is 18.2 Å². The first kappa shape index (κ1) is 17.2. The maximum atomic E-state index is 13.8. The number of sulfone groups is 1. The molecule has 1 saturated carbocycles. The second-order valence-corrected chi connectivity index (χ2v) is 8.37. The zero-order valence-electron chi connectivity index (χ0n) is 13.4. The highest BCUT2D eigenvalue weighted by Gasteiger charge is 2.35. The number of hydrogen-bond acceptors (Lipinski definition) is 4. The van der Waals surface area contributed by atoms with Crippen molar-refractivity contribution in [2.75, 3.05) is 20.4 Å². The minimum absolute atomic E-state index is 0.00564. The molecule has 124 valence electrons. The molecule has 1 aliphatic carbocycles. The maximum Gasteiger partial charge on any atom is 0.165 e. The highest BCUT2D eigenvalue weighted by atomic mass is 32.2. The lowest BCUT2D eigenvalue weighted by molar-refractivity contribution is 0.187. The molecule has 0 N–H and O–H groups in total. The van der Waals surface area contributed by atoms with E-state index in [0.717, 1.165) is 24.8 Å². The molecule has 0 amide bonds. The van der Waals surface area contributed by atoms with Gasteiger partial charge in [0, 0.05) is 18.8 Å². The Morgan fingerprint density at radius 1 is 1.32 bits per heavy atom. The molecular formula is C16H24FNO3S. The van der Waals surface area contributed by atoms with Crippen LogP contribution in [-0.4, -0.2) is 45.0 Å². The number of hydrogen-bond donors (Lipinski definition) is 0. The topological polar surface area (TPSA) is 46.6 Å². The predicted octanol–water partition coefficient (Wildman–Crippen LogP) is 2.62. The Hall–Kier alpha value is -1.14. The zero-order valence-corrected chi connectivity index (χ0v) is 14.2. The molecule has 0 aliphatic heterocycles. The first-order valence-corrected chi connectivity index (χ1v) is 9.50. The Morgan fingerprint density at radius 3 is 2.59 bits per heavy atom. The van der Waals surface area contributed by atoms with Crippen molar-refractivity contribution in [2.24, 2.45) is 0 Å². The smallest absolute Gasteiger partial charge is 0.165 e. The van der Waals surface area contributed by atoms with Gasteiger partial charge in [0.25, 0.3) is 0 Å². The molecule has 0 spiro atoms. The number of ether oxygens (including phenoxy) is 1. The van der Waals surface area contributed by atoms with Gasteiger partial charge in [0.2, 0.25) is 0 Å². The van der Waals surface area contributed by atoms with Crippen LogP contribution in [0.3, 0.4) is 0 Å². The second kappa shape index (κ2) is 6.96. The van der Waals surface area contributed by atoms with Gasteiger partial charge in [-0.2, -0.15) is 0 Å². The highest BCUT2D eigenvalue weighted by molar-refractivity contribution is 7.91. The van der Waals surface area contributed by atoms with Crippen LogP contribution in [0.5, 0.6) is 5.75 Å². The average molecular weight is 329 g/mol. The van der Waals surface area contributed by atoms with Crippen LogP contribution in [0.2, 0.25) is 0 Å². The molecule has 6 heteroatoms. The first-order valence-electron chi connectivity index (χ1n) is 7.54. The van der Waals surface area contributed by atoms with Crippen molar-refractivity contribution >= 4 is 9.84 Å². The van der Waals surface area contributed by atoms with Gasteiger partial charge in [-0.05, 0) is 37.6 Å². The van der Waals surface area contributed by atoms with Crippen molar-refractivity contribution in [3.63, 3.8) is 0 Å². The molecule has 22 heavy (non-hydrogen) atoms. The summed E-state index contributed by atoms with van der Waals surface area (Å²) in [5.41, 5.74) is 0.818. The molecule has 1 fully saturated rings. The van der Waals surface area contributed by atoms with Gasteiger partial charge in [-0.15, -0.1) is 0 Å². The molecule has 2 rings (SSSR count). The molecule has 0 aromatic heterocycles. The van der Waals surface area contributed by atoms with Crippen molar-refractivity contribution in [3.8, 4) is 5.75 Å². The Morgan fingerprint density at radius 2 is 2.00 bits per heavy atom. The fraction of sp³-hybridized carbons (Fsp3) is 0.625. The van der Waals surface area contributed by atoms with E-state index in [9.17, 15) is 12.8 Å². The van der Waals surface area contributed by atoms with E-state index in [1.54, 1.807) is 6.07 Å². The van der Waals surface area contributed by atoms with Gasteiger partial charge >= 0.3 is 0 Å². The van der Waals surface area contributed by atoms with Gasteiger partial charge in [0.1, 0.15) is 0 Å². The van der Waals surface area contributed by atoms with Gasteiger partial charge in [-0.25, -0.2) is 12.8 Å². The predicted molar refractivity (Wildman–Crippen MR) is 85.3 cm³/mol. The summed E-state index contributed by atoms with van der Waals surface area (Å²) in [5.74, 6) is -0.171. The third kappa shape index (κ3) is 3.98. The Kier molecular flexibility index (Phi) is 5.45. The van der Waals surface area contributed by atoms with Crippen molar-refractivity contribution < 1.29 is 17.5 Å². The third-order valence-corrected chi connectivity index (χ3v) is 6.08. The number of methoxy groups -OCH3 is 1. The SMILES string of the molecule is COc1ccc(CN(C)[C@H]2CCCC[C@H]2S(C)(=O)=O)cc1F. The number of rotatable bonds is 5. The highest BCUT2D eigenvalue weighted by Crippen LogP contribution is 2.28. The monoisotopic (exact) mass is 329 g/mol. The fourth-order valence-electron chi connectivity index (χ4n) is 3.29. The Bertz CT molecular complexity index is 618. The third-order valence-electron chi connectivity index (χ3n) is 4.43. The number of halogens is 1. The van der Waals surface area contributed by atoms with E-state index >= 15 is 0 Å². The van der Waals surface area contributed by atoms with Crippen LogP contribution in [-0.2, 0) is 16.4 Å². The molecule has 0 heterocycles. The normalized spacial score (nSPS) is 22.8. The summed E-state index contributed by atoms with van der Waals surface area (Å²) >= 11 is 0. The lowest BCUT2D eigenvalue weighted by Gasteiger charge is -2.37. The van der Waals surface area contributed by atoms with Gasteiger partial charge < -0.3 is 4.74 Å². The molecule has 0 bridgehead atoms. The van der Waals surface area contributed by atoms with Crippen molar-refractivity contribution in [3.05, 3.63) is 29.6 Å². The molecule has 1 aromatic rings. The summed E-state index contributed by atoms with van der Waals surface area (Å²) in [4.78, 5) is 2.03. The van der Waals surface area contributed by atoms with E-state index in [-0.39, 0.29) is 17.0 Å². The molecule has 2 atom stereocenters. The molecular weight excluding hydrogens is 305 g/mol. The van der Waals surface area contributed by atoms with Crippen LogP contribution >= 0.6 is 0 Å². The Labute approximate surface area is 132 Å². The van der Waals surface area contributed by atoms with E-state index in [1.165, 1.54) is 19.4 Å². The molecule has 1 aromatic carbocycles. The van der Waals surface area contributed by atoms with Crippen molar-refractivity contribution in [1.29, 1.82) is 0 Å². The summed E-state index contributed by atoms with van der Waals surface area (Å²) in [5, 5.41) is -0.325. The quantitative estimate of drug-likeness (QED) is 0.833. The molecule has 0 saturated heterocycles. The van der Waals surface area contributed by atoms with Gasteiger partial charge in [-0.3, -0.25) is 4.90 Å². The minimum Gasteiger partial charge on any atom is -0.494 e. The number of nitrogens with zero attached hydrogens (tertiary/aromatic N) is 1. The molecule has 0 unspecified atom stereocenters. The minimum atomic E-state index is -3.07. The van der Waals surface area contributed by atoms with E-state index in [1.807, 2.05) is 18.0 Å². The summed E-state index contributed by atoms with van der Waals surface area (Å²) in [6.07, 6.45) is 4.89. The maximum absolute atomic E-state index is 13.8. The summed E-state index contributed by atoms with van der Waals surface area (Å²) < 4.78 is 42.7. The van der Waals surface area contributed by atoms with E-state index in [0.29, 0.717) is 13.0 Å². The van der Waals surface area contributed by atoms with Crippen molar-refractivity contribution in [2.45, 2.75) is 43.5 Å². The zero-order chi connectivity index (χ0) is 16.3. The largest absolute Gasteiger partial charge is 0.494 e. The summed E-state index contributed by atoms with van der Waals surface area (Å²) in [6, 6.07) is 4.87. The fourth-order valence-corrected chi connectivity index (χ4v) is 4.80. The summed E-state index contributed by atoms with van der Waals surface area (Å²) in [7, 11) is 0.280. The van der Waals surface area contributed by atoms with E-state index in [2.05, 4.69) is 0 Å².